The maximum atomic E-state index is 10.0. The summed E-state index contributed by atoms with van der Waals surface area (Å²) >= 11 is 0. The second-order valence-corrected chi connectivity index (χ2v) is 12.0. The summed E-state index contributed by atoms with van der Waals surface area (Å²) in [6, 6.07) is 28.5. The molecule has 276 valence electrons. The molecule has 12 heteroatoms. The van der Waals surface area contributed by atoms with Crippen molar-refractivity contribution in [3.63, 3.8) is 0 Å². The Bertz CT molecular complexity index is 1780. The van der Waals surface area contributed by atoms with Crippen LogP contribution < -0.4 is 14.2 Å². The third kappa shape index (κ3) is 14.4. The van der Waals surface area contributed by atoms with Crippen molar-refractivity contribution in [1.29, 1.82) is 0 Å². The van der Waals surface area contributed by atoms with Gasteiger partial charge in [-0.3, -0.25) is 0 Å². The van der Waals surface area contributed by atoms with Crippen LogP contribution in [0.4, 0.5) is 0 Å². The summed E-state index contributed by atoms with van der Waals surface area (Å²) in [4.78, 5) is 12.4. The lowest BCUT2D eigenvalue weighted by Crippen LogP contribution is -2.24. The number of benzene rings is 3. The van der Waals surface area contributed by atoms with E-state index in [4.69, 9.17) is 14.2 Å². The summed E-state index contributed by atoms with van der Waals surface area (Å²) in [6.45, 7) is 8.27. The number of aryl methyl sites for hydroxylation is 3. The maximum Gasteiger partial charge on any atom is 0.119 e. The van der Waals surface area contributed by atoms with Crippen LogP contribution in [0.5, 0.6) is 17.2 Å². The molecule has 3 heterocycles. The number of para-hydroxylation sites is 3. The van der Waals surface area contributed by atoms with Crippen LogP contribution >= 0.6 is 0 Å². The molecule has 0 amide bonds. The first-order valence-electron chi connectivity index (χ1n) is 17.3. The molecule has 3 aromatic heterocycles. The highest BCUT2D eigenvalue weighted by Gasteiger charge is 2.11. The van der Waals surface area contributed by atoms with Crippen molar-refractivity contribution < 1.29 is 29.5 Å². The molecule has 3 aromatic carbocycles. The van der Waals surface area contributed by atoms with Crippen LogP contribution in [0, 0.1) is 13.8 Å². The number of hydrogen-bond donors (Lipinski definition) is 3. The second-order valence-electron chi connectivity index (χ2n) is 12.0. The zero-order valence-electron chi connectivity index (χ0n) is 30.1. The monoisotopic (exact) mass is 710 g/mol. The van der Waals surface area contributed by atoms with E-state index >= 15 is 0 Å². The minimum atomic E-state index is -0.542. The molecule has 6 aromatic rings. The summed E-state index contributed by atoms with van der Waals surface area (Å²) in [6.07, 6.45) is 9.95. The standard InChI is InChI=1S/C15H20N2O2.C13H16N2O2.C12H14N2O2/c1-3-15-16-12(2)9-17(15)10-13(18)11-19-14-7-5-4-6-8-14;1-11-14-7-8-15(11)9-12(16)10-17-13-5-3-2-4-6-13;15-11(8-14-7-6-13-10-14)9-16-12-4-2-1-3-5-12/h4-9,13,18H,3,10-11H2,1-2H3;2-8,12,16H,9-10H2,1H3;1-7,10-11,15H,8-9H2. The van der Waals surface area contributed by atoms with Gasteiger partial charge in [0.05, 0.1) is 31.7 Å². The molecule has 0 spiro atoms. The third-order valence-electron chi connectivity index (χ3n) is 7.57. The zero-order valence-corrected chi connectivity index (χ0v) is 30.1. The van der Waals surface area contributed by atoms with E-state index in [2.05, 4.69) is 21.9 Å². The van der Waals surface area contributed by atoms with Crippen LogP contribution in [-0.4, -0.2) is 82.1 Å². The van der Waals surface area contributed by atoms with E-state index in [-0.39, 0.29) is 19.8 Å². The Labute approximate surface area is 305 Å². The van der Waals surface area contributed by atoms with Gasteiger partial charge in [-0.2, -0.15) is 0 Å². The highest BCUT2D eigenvalue weighted by Crippen LogP contribution is 2.12. The maximum absolute atomic E-state index is 10.0. The van der Waals surface area contributed by atoms with Crippen LogP contribution in [0.15, 0.2) is 128 Å². The molecule has 0 saturated heterocycles. The van der Waals surface area contributed by atoms with E-state index in [0.29, 0.717) is 19.6 Å². The third-order valence-corrected chi connectivity index (χ3v) is 7.57. The molecule has 6 rings (SSSR count). The van der Waals surface area contributed by atoms with E-state index in [0.717, 1.165) is 41.0 Å². The van der Waals surface area contributed by atoms with Gasteiger partial charge in [0.1, 0.15) is 67.0 Å². The Balaban J connectivity index is 0.000000175. The molecular formula is C40H50N6O6. The average molecular weight is 711 g/mol. The van der Waals surface area contributed by atoms with Crippen molar-refractivity contribution in [3.05, 3.63) is 146 Å². The fraction of sp³-hybridized carbons (Fsp3) is 0.325. The molecule has 0 aliphatic rings. The van der Waals surface area contributed by atoms with Gasteiger partial charge in [-0.25, -0.2) is 15.0 Å². The number of aromatic nitrogens is 6. The molecule has 12 nitrogen and oxygen atoms in total. The number of hydrogen-bond acceptors (Lipinski definition) is 9. The molecule has 0 radical (unpaired) electrons. The van der Waals surface area contributed by atoms with Crippen molar-refractivity contribution in [2.45, 2.75) is 65.1 Å². The minimum absolute atomic E-state index is 0.279. The van der Waals surface area contributed by atoms with Crippen LogP contribution in [0.3, 0.4) is 0 Å². The summed E-state index contributed by atoms with van der Waals surface area (Å²) in [7, 11) is 0. The highest BCUT2D eigenvalue weighted by atomic mass is 16.5. The Morgan fingerprint density at radius 1 is 0.615 bits per heavy atom. The summed E-state index contributed by atoms with van der Waals surface area (Å²) in [5.41, 5.74) is 0.980. The second kappa shape index (κ2) is 21.7. The number of nitrogens with zero attached hydrogens (tertiary/aromatic N) is 6. The summed E-state index contributed by atoms with van der Waals surface area (Å²) in [5.74, 6) is 4.21. The van der Waals surface area contributed by atoms with E-state index in [1.54, 1.807) is 18.7 Å². The zero-order chi connectivity index (χ0) is 37.0. The van der Waals surface area contributed by atoms with Crippen molar-refractivity contribution in [1.82, 2.24) is 28.7 Å². The molecule has 3 N–H and O–H groups in total. The smallest absolute Gasteiger partial charge is 0.119 e. The lowest BCUT2D eigenvalue weighted by atomic mass is 10.3. The highest BCUT2D eigenvalue weighted by molar-refractivity contribution is 5.22. The van der Waals surface area contributed by atoms with Crippen LogP contribution in [-0.2, 0) is 26.1 Å². The van der Waals surface area contributed by atoms with Gasteiger partial charge in [-0.1, -0.05) is 61.5 Å². The molecule has 3 unspecified atom stereocenters. The predicted molar refractivity (Wildman–Crippen MR) is 199 cm³/mol. The van der Waals surface area contributed by atoms with Crippen LogP contribution in [0.2, 0.25) is 0 Å². The average Bonchev–Trinajstić information content (AvgIpc) is 3.92. The van der Waals surface area contributed by atoms with Gasteiger partial charge < -0.3 is 43.2 Å². The SMILES string of the molecule is CCc1nc(C)cn1CC(O)COc1ccccc1.Cc1nccn1CC(O)COc1ccccc1.OC(COc1ccccc1)Cn1ccnc1. The molecule has 0 aliphatic carbocycles. The summed E-state index contributed by atoms with van der Waals surface area (Å²) in [5, 5.41) is 29.6. The Kier molecular flexibility index (Phi) is 16.4. The lowest BCUT2D eigenvalue weighted by molar-refractivity contribution is 0.0917. The normalized spacial score (nSPS) is 12.3. The Hall–Kier alpha value is -5.43. The molecule has 3 atom stereocenters. The van der Waals surface area contributed by atoms with Gasteiger partial charge in [0.15, 0.2) is 0 Å². The lowest BCUT2D eigenvalue weighted by Gasteiger charge is -2.14. The molecule has 0 aliphatic heterocycles. The fourth-order valence-electron chi connectivity index (χ4n) is 5.01. The van der Waals surface area contributed by atoms with E-state index < -0.39 is 18.3 Å². The molecule has 0 bridgehead atoms. The van der Waals surface area contributed by atoms with Crippen molar-refractivity contribution >= 4 is 0 Å². The Morgan fingerprint density at radius 3 is 1.52 bits per heavy atom. The number of ether oxygens (including phenoxy) is 3. The van der Waals surface area contributed by atoms with Gasteiger partial charge in [-0.15, -0.1) is 0 Å². The van der Waals surface area contributed by atoms with E-state index in [9.17, 15) is 15.3 Å². The van der Waals surface area contributed by atoms with Crippen LogP contribution in [0.1, 0.15) is 24.3 Å². The molecule has 0 fully saturated rings. The van der Waals surface area contributed by atoms with Crippen molar-refractivity contribution in [3.8, 4) is 17.2 Å². The van der Waals surface area contributed by atoms with Crippen LogP contribution in [0.25, 0.3) is 0 Å². The summed E-state index contributed by atoms with van der Waals surface area (Å²) < 4.78 is 22.2. The van der Waals surface area contributed by atoms with Crippen molar-refractivity contribution in [2.75, 3.05) is 19.8 Å². The first-order chi connectivity index (χ1) is 25.3. The minimum Gasteiger partial charge on any atom is -0.491 e. The Morgan fingerprint density at radius 2 is 1.10 bits per heavy atom. The number of aliphatic hydroxyl groups is 3. The van der Waals surface area contributed by atoms with Crippen molar-refractivity contribution in [2.24, 2.45) is 0 Å². The largest absolute Gasteiger partial charge is 0.491 e. The number of imidazole rings is 3. The number of rotatable bonds is 16. The topological polar surface area (TPSA) is 142 Å². The first kappa shape index (κ1) is 39.4. The molecular weight excluding hydrogens is 660 g/mol. The van der Waals surface area contributed by atoms with Gasteiger partial charge in [0.2, 0.25) is 0 Å². The van der Waals surface area contributed by atoms with E-state index in [1.807, 2.05) is 137 Å². The first-order valence-corrected chi connectivity index (χ1v) is 17.3. The van der Waals surface area contributed by atoms with Gasteiger partial charge >= 0.3 is 0 Å². The molecule has 52 heavy (non-hydrogen) atoms. The predicted octanol–water partition coefficient (Wildman–Crippen LogP) is 5.15. The van der Waals surface area contributed by atoms with Gasteiger partial charge in [0, 0.05) is 37.4 Å². The molecule has 0 saturated carbocycles. The van der Waals surface area contributed by atoms with E-state index in [1.165, 1.54) is 0 Å². The fourth-order valence-corrected chi connectivity index (χ4v) is 5.01. The van der Waals surface area contributed by atoms with Gasteiger partial charge in [0.25, 0.3) is 0 Å². The quantitative estimate of drug-likeness (QED) is 0.124. The van der Waals surface area contributed by atoms with Gasteiger partial charge in [-0.05, 0) is 50.2 Å². The number of aliphatic hydroxyl groups excluding tert-OH is 3.